The van der Waals surface area contributed by atoms with Crippen molar-refractivity contribution in [3.8, 4) is 0 Å². The smallest absolute Gasteiger partial charge is 0.0502 e. The fourth-order valence-electron chi connectivity index (χ4n) is 2.86. The fraction of sp³-hybridized carbons (Fsp3) is 0.200. The summed E-state index contributed by atoms with van der Waals surface area (Å²) in [6, 6.07) is 23.3. The molecule has 0 amide bonds. The van der Waals surface area contributed by atoms with Crippen molar-refractivity contribution in [3.63, 3.8) is 0 Å². The zero-order valence-corrected chi connectivity index (χ0v) is 12.3. The highest BCUT2D eigenvalue weighted by atomic mass is 16.3. The van der Waals surface area contributed by atoms with E-state index in [0.29, 0.717) is 0 Å². The summed E-state index contributed by atoms with van der Waals surface area (Å²) in [6.07, 6.45) is 0.862. The molecule has 0 aliphatic carbocycles. The second-order valence-corrected chi connectivity index (χ2v) is 5.63. The van der Waals surface area contributed by atoms with Crippen LogP contribution in [0.5, 0.6) is 0 Å². The van der Waals surface area contributed by atoms with Crippen LogP contribution >= 0.6 is 0 Å². The average Bonchev–Trinajstić information content (AvgIpc) is 2.54. The minimum atomic E-state index is 0.149. The largest absolute Gasteiger partial charge is 0.396 e. The number of aliphatic hydroxyl groups is 1. The lowest BCUT2D eigenvalue weighted by molar-refractivity contribution is 0.264. The molecule has 3 aromatic carbocycles. The standard InChI is InChI=1S/C20H20O/c1-15-9-11-16(12-10-15)19(14-21)13-18-7-4-6-17-5-2-3-8-20(17)18/h2-12,19,21H,13-14H2,1H3. The maximum atomic E-state index is 9.78. The van der Waals surface area contributed by atoms with Crippen LogP contribution in [0.1, 0.15) is 22.6 Å². The van der Waals surface area contributed by atoms with Gasteiger partial charge in [-0.05, 0) is 35.2 Å². The molecule has 0 heterocycles. The first-order chi connectivity index (χ1) is 10.3. The average molecular weight is 276 g/mol. The lowest BCUT2D eigenvalue weighted by atomic mass is 9.90. The Kier molecular flexibility index (Phi) is 4.03. The molecule has 106 valence electrons. The first-order valence-corrected chi connectivity index (χ1v) is 7.42. The molecule has 0 aromatic heterocycles. The molecule has 0 bridgehead atoms. The molecule has 1 unspecified atom stereocenters. The van der Waals surface area contributed by atoms with Crippen molar-refractivity contribution in [2.75, 3.05) is 6.61 Å². The lowest BCUT2D eigenvalue weighted by Gasteiger charge is -2.16. The Morgan fingerprint density at radius 1 is 0.857 bits per heavy atom. The van der Waals surface area contributed by atoms with E-state index in [1.807, 2.05) is 0 Å². The van der Waals surface area contributed by atoms with Crippen LogP contribution in [0.3, 0.4) is 0 Å². The monoisotopic (exact) mass is 276 g/mol. The number of aliphatic hydroxyl groups excluding tert-OH is 1. The minimum absolute atomic E-state index is 0.149. The molecular formula is C20H20O. The van der Waals surface area contributed by atoms with Gasteiger partial charge < -0.3 is 5.11 Å². The third-order valence-electron chi connectivity index (χ3n) is 4.12. The number of hydrogen-bond acceptors (Lipinski definition) is 1. The number of rotatable bonds is 4. The van der Waals surface area contributed by atoms with Gasteiger partial charge in [-0.2, -0.15) is 0 Å². The quantitative estimate of drug-likeness (QED) is 0.745. The second-order valence-electron chi connectivity index (χ2n) is 5.63. The van der Waals surface area contributed by atoms with Gasteiger partial charge in [0, 0.05) is 5.92 Å². The summed E-state index contributed by atoms with van der Waals surface area (Å²) in [5.74, 6) is 0.149. The Morgan fingerprint density at radius 2 is 1.57 bits per heavy atom. The zero-order chi connectivity index (χ0) is 14.7. The number of benzene rings is 3. The number of hydrogen-bond donors (Lipinski definition) is 1. The highest BCUT2D eigenvalue weighted by Gasteiger charge is 2.12. The van der Waals surface area contributed by atoms with Gasteiger partial charge in [-0.1, -0.05) is 72.3 Å². The summed E-state index contributed by atoms with van der Waals surface area (Å²) in [6.45, 7) is 2.26. The van der Waals surface area contributed by atoms with E-state index in [9.17, 15) is 5.11 Å². The van der Waals surface area contributed by atoms with E-state index in [1.54, 1.807) is 0 Å². The van der Waals surface area contributed by atoms with Gasteiger partial charge >= 0.3 is 0 Å². The molecule has 1 N–H and O–H groups in total. The second kappa shape index (κ2) is 6.11. The molecule has 1 atom stereocenters. The van der Waals surface area contributed by atoms with Crippen LogP contribution in [-0.2, 0) is 6.42 Å². The van der Waals surface area contributed by atoms with E-state index in [0.717, 1.165) is 6.42 Å². The normalized spacial score (nSPS) is 12.5. The Morgan fingerprint density at radius 3 is 2.33 bits per heavy atom. The molecular weight excluding hydrogens is 256 g/mol. The third-order valence-corrected chi connectivity index (χ3v) is 4.12. The van der Waals surface area contributed by atoms with E-state index < -0.39 is 0 Å². The lowest BCUT2D eigenvalue weighted by Crippen LogP contribution is -2.08. The molecule has 1 heteroatoms. The Balaban J connectivity index is 1.94. The SMILES string of the molecule is Cc1ccc(C(CO)Cc2cccc3ccccc23)cc1. The van der Waals surface area contributed by atoms with Crippen molar-refractivity contribution in [2.24, 2.45) is 0 Å². The predicted molar refractivity (Wildman–Crippen MR) is 88.7 cm³/mol. The molecule has 0 spiro atoms. The van der Waals surface area contributed by atoms with Crippen LogP contribution in [0.2, 0.25) is 0 Å². The van der Waals surface area contributed by atoms with E-state index in [1.165, 1.54) is 27.5 Å². The maximum Gasteiger partial charge on any atom is 0.0502 e. The van der Waals surface area contributed by atoms with E-state index >= 15 is 0 Å². The molecule has 0 radical (unpaired) electrons. The van der Waals surface area contributed by atoms with E-state index in [-0.39, 0.29) is 12.5 Å². The van der Waals surface area contributed by atoms with Crippen molar-refractivity contribution in [2.45, 2.75) is 19.3 Å². The molecule has 3 rings (SSSR count). The molecule has 0 saturated carbocycles. The first-order valence-electron chi connectivity index (χ1n) is 7.42. The summed E-state index contributed by atoms with van der Waals surface area (Å²) in [4.78, 5) is 0. The van der Waals surface area contributed by atoms with Crippen molar-refractivity contribution in [3.05, 3.63) is 83.4 Å². The molecule has 1 nitrogen and oxygen atoms in total. The van der Waals surface area contributed by atoms with Crippen molar-refractivity contribution >= 4 is 10.8 Å². The van der Waals surface area contributed by atoms with Crippen molar-refractivity contribution < 1.29 is 5.11 Å². The summed E-state index contributed by atoms with van der Waals surface area (Å²) >= 11 is 0. The molecule has 0 saturated heterocycles. The zero-order valence-electron chi connectivity index (χ0n) is 12.3. The third kappa shape index (κ3) is 2.98. The van der Waals surface area contributed by atoms with E-state index in [2.05, 4.69) is 73.7 Å². The maximum absolute atomic E-state index is 9.78. The Labute approximate surface area is 125 Å². The number of aryl methyl sites for hydroxylation is 1. The Bertz CT molecular complexity index is 723. The highest BCUT2D eigenvalue weighted by Crippen LogP contribution is 2.26. The topological polar surface area (TPSA) is 20.2 Å². The summed E-state index contributed by atoms with van der Waals surface area (Å²) in [7, 11) is 0. The predicted octanol–water partition coefficient (Wildman–Crippen LogP) is 4.47. The van der Waals surface area contributed by atoms with Crippen LogP contribution in [0.25, 0.3) is 10.8 Å². The molecule has 0 fully saturated rings. The first kappa shape index (κ1) is 13.8. The minimum Gasteiger partial charge on any atom is -0.396 e. The van der Waals surface area contributed by atoms with Crippen LogP contribution in [0, 0.1) is 6.92 Å². The molecule has 0 aliphatic heterocycles. The van der Waals surface area contributed by atoms with Gasteiger partial charge in [0.2, 0.25) is 0 Å². The van der Waals surface area contributed by atoms with Gasteiger partial charge in [0.05, 0.1) is 6.61 Å². The van der Waals surface area contributed by atoms with Crippen LogP contribution in [0.4, 0.5) is 0 Å². The van der Waals surface area contributed by atoms with Crippen LogP contribution in [-0.4, -0.2) is 11.7 Å². The van der Waals surface area contributed by atoms with Gasteiger partial charge in [0.25, 0.3) is 0 Å². The van der Waals surface area contributed by atoms with Crippen molar-refractivity contribution in [1.82, 2.24) is 0 Å². The van der Waals surface area contributed by atoms with Gasteiger partial charge in [0.15, 0.2) is 0 Å². The molecule has 3 aromatic rings. The van der Waals surface area contributed by atoms with Crippen LogP contribution in [0.15, 0.2) is 66.7 Å². The summed E-state index contributed by atoms with van der Waals surface area (Å²) in [5, 5.41) is 12.3. The summed E-state index contributed by atoms with van der Waals surface area (Å²) in [5.41, 5.74) is 3.75. The molecule has 21 heavy (non-hydrogen) atoms. The van der Waals surface area contributed by atoms with Crippen LogP contribution < -0.4 is 0 Å². The van der Waals surface area contributed by atoms with Crippen molar-refractivity contribution in [1.29, 1.82) is 0 Å². The number of fused-ring (bicyclic) bond motifs is 1. The van der Waals surface area contributed by atoms with Gasteiger partial charge in [-0.3, -0.25) is 0 Å². The highest BCUT2D eigenvalue weighted by molar-refractivity contribution is 5.85. The Hall–Kier alpha value is -2.12. The van der Waals surface area contributed by atoms with Gasteiger partial charge in [-0.15, -0.1) is 0 Å². The van der Waals surface area contributed by atoms with Gasteiger partial charge in [-0.25, -0.2) is 0 Å². The van der Waals surface area contributed by atoms with Gasteiger partial charge in [0.1, 0.15) is 0 Å². The fourth-order valence-corrected chi connectivity index (χ4v) is 2.86. The summed E-state index contributed by atoms with van der Waals surface area (Å²) < 4.78 is 0. The molecule has 0 aliphatic rings. The van der Waals surface area contributed by atoms with E-state index in [4.69, 9.17) is 0 Å².